The maximum Gasteiger partial charge on any atom is 0.331 e. The molecule has 27 heavy (non-hydrogen) atoms. The Hall–Kier alpha value is -1.71. The van der Waals surface area contributed by atoms with Crippen LogP contribution in [-0.4, -0.2) is 12.6 Å². The Bertz CT molecular complexity index is 490. The van der Waals surface area contributed by atoms with Crippen LogP contribution in [0.1, 0.15) is 97.3 Å². The lowest BCUT2D eigenvalue weighted by Crippen LogP contribution is -2.10. The van der Waals surface area contributed by atoms with Gasteiger partial charge in [-0.1, -0.05) is 96.6 Å². The summed E-state index contributed by atoms with van der Waals surface area (Å²) in [4.78, 5) is 16.2. The molecule has 1 aromatic rings. The highest BCUT2D eigenvalue weighted by Crippen LogP contribution is 2.24. The van der Waals surface area contributed by atoms with E-state index < -0.39 is 0 Å². The lowest BCUT2D eigenvalue weighted by atomic mass is 10.1. The number of benzene rings is 1. The Kier molecular flexibility index (Phi) is 14.2. The van der Waals surface area contributed by atoms with E-state index in [0.29, 0.717) is 18.7 Å². The van der Waals surface area contributed by atoms with Crippen molar-refractivity contribution in [3.05, 3.63) is 24.3 Å². The van der Waals surface area contributed by atoms with Crippen molar-refractivity contribution >= 4 is 11.7 Å². The number of unbranched alkanes of at least 4 members (excludes halogenated alkanes) is 11. The minimum absolute atomic E-state index is 0.286. The monoisotopic (exact) mass is 377 g/mol. The summed E-state index contributed by atoms with van der Waals surface area (Å²) in [6, 6.07) is 7.55. The maximum absolute atomic E-state index is 11.3. The summed E-state index contributed by atoms with van der Waals surface area (Å²) >= 11 is 0. The zero-order valence-corrected chi connectivity index (χ0v) is 17.4. The number of carbonyl (C=O) groups excluding carboxylic acids is 1. The van der Waals surface area contributed by atoms with Gasteiger partial charge >= 0.3 is 5.97 Å². The van der Waals surface area contributed by atoms with Gasteiger partial charge in [-0.2, -0.15) is 0 Å². The Morgan fingerprint density at radius 3 is 1.96 bits per heavy atom. The van der Waals surface area contributed by atoms with Crippen molar-refractivity contribution in [3.8, 4) is 5.75 Å². The number of nitrogens with one attached hydrogen (secondary N) is 1. The highest BCUT2D eigenvalue weighted by molar-refractivity contribution is 5.70. The van der Waals surface area contributed by atoms with E-state index in [4.69, 9.17) is 9.57 Å². The molecule has 0 heterocycles. The molecule has 0 radical (unpaired) electrons. The highest BCUT2D eigenvalue weighted by Gasteiger charge is 2.05. The van der Waals surface area contributed by atoms with E-state index in [9.17, 15) is 4.79 Å². The summed E-state index contributed by atoms with van der Waals surface area (Å²) in [5, 5.41) is 0. The Morgan fingerprint density at radius 1 is 0.815 bits per heavy atom. The van der Waals surface area contributed by atoms with E-state index in [1.54, 1.807) is 6.92 Å². The van der Waals surface area contributed by atoms with Gasteiger partial charge in [0, 0.05) is 6.42 Å². The van der Waals surface area contributed by atoms with Crippen molar-refractivity contribution in [1.82, 2.24) is 0 Å². The molecule has 0 aliphatic carbocycles. The van der Waals surface area contributed by atoms with Crippen molar-refractivity contribution in [2.24, 2.45) is 0 Å². The molecule has 0 aromatic heterocycles. The van der Waals surface area contributed by atoms with Crippen molar-refractivity contribution in [3.63, 3.8) is 0 Å². The summed E-state index contributed by atoms with van der Waals surface area (Å²) in [5.41, 5.74) is 3.38. The molecule has 0 bridgehead atoms. The Balaban J connectivity index is 2.01. The second kappa shape index (κ2) is 16.5. The molecule has 0 saturated heterocycles. The molecule has 1 rings (SSSR count). The van der Waals surface area contributed by atoms with E-state index in [-0.39, 0.29) is 5.97 Å². The fourth-order valence-electron chi connectivity index (χ4n) is 2.99. The van der Waals surface area contributed by atoms with Gasteiger partial charge in [-0.05, 0) is 18.6 Å². The predicted molar refractivity (Wildman–Crippen MR) is 113 cm³/mol. The topological polar surface area (TPSA) is 47.6 Å². The normalized spacial score (nSPS) is 10.6. The van der Waals surface area contributed by atoms with E-state index in [1.807, 2.05) is 24.3 Å². The first-order valence-corrected chi connectivity index (χ1v) is 11.0. The standard InChI is InChI=1S/C23H39NO3/c1-3-5-6-7-8-9-10-11-12-13-14-17-20-26-22-19-16-15-18-21(22)24-27-23(25)4-2/h15-16,18-19,24H,3-14,17,20H2,1-2H3. The molecule has 1 N–H and O–H groups in total. The van der Waals surface area contributed by atoms with Crippen LogP contribution in [0.5, 0.6) is 5.75 Å². The molecule has 0 unspecified atom stereocenters. The predicted octanol–water partition coefficient (Wildman–Crippen LogP) is 7.05. The molecular weight excluding hydrogens is 338 g/mol. The van der Waals surface area contributed by atoms with Crippen molar-refractivity contribution < 1.29 is 14.4 Å². The number of anilines is 1. The third-order valence-corrected chi connectivity index (χ3v) is 4.71. The van der Waals surface area contributed by atoms with Gasteiger partial charge in [-0.25, -0.2) is 10.3 Å². The third kappa shape index (κ3) is 12.3. The molecule has 0 atom stereocenters. The van der Waals surface area contributed by atoms with Crippen LogP contribution in [0.15, 0.2) is 24.3 Å². The van der Waals surface area contributed by atoms with Gasteiger partial charge in [0.2, 0.25) is 0 Å². The number of hydrogen-bond acceptors (Lipinski definition) is 4. The van der Waals surface area contributed by atoms with E-state index in [1.165, 1.54) is 70.6 Å². The first-order chi connectivity index (χ1) is 13.3. The van der Waals surface area contributed by atoms with Gasteiger partial charge in [0.25, 0.3) is 0 Å². The van der Waals surface area contributed by atoms with Crippen molar-refractivity contribution in [1.29, 1.82) is 0 Å². The minimum atomic E-state index is -0.286. The fraction of sp³-hybridized carbons (Fsp3) is 0.696. The average molecular weight is 378 g/mol. The fourth-order valence-corrected chi connectivity index (χ4v) is 2.99. The number of carbonyl (C=O) groups is 1. The van der Waals surface area contributed by atoms with Gasteiger partial charge in [0.05, 0.1) is 6.61 Å². The molecule has 0 fully saturated rings. The molecule has 0 aliphatic heterocycles. The molecule has 0 aliphatic rings. The summed E-state index contributed by atoms with van der Waals surface area (Å²) < 4.78 is 5.84. The van der Waals surface area contributed by atoms with E-state index in [0.717, 1.165) is 12.2 Å². The van der Waals surface area contributed by atoms with Gasteiger partial charge < -0.3 is 9.57 Å². The smallest absolute Gasteiger partial charge is 0.331 e. The van der Waals surface area contributed by atoms with Crippen LogP contribution in [0.2, 0.25) is 0 Å². The number of ether oxygens (including phenoxy) is 1. The number of hydrogen-bond donors (Lipinski definition) is 1. The Morgan fingerprint density at radius 2 is 1.37 bits per heavy atom. The third-order valence-electron chi connectivity index (χ3n) is 4.71. The quantitative estimate of drug-likeness (QED) is 0.233. The van der Waals surface area contributed by atoms with Crippen LogP contribution in [0.4, 0.5) is 5.69 Å². The zero-order valence-electron chi connectivity index (χ0n) is 17.4. The second-order valence-electron chi connectivity index (χ2n) is 7.16. The van der Waals surface area contributed by atoms with Crippen molar-refractivity contribution in [2.45, 2.75) is 97.3 Å². The molecule has 154 valence electrons. The highest BCUT2D eigenvalue weighted by atomic mass is 16.7. The molecule has 0 amide bonds. The van der Waals surface area contributed by atoms with Crippen molar-refractivity contribution in [2.75, 3.05) is 12.1 Å². The molecular formula is C23H39NO3. The van der Waals surface area contributed by atoms with E-state index in [2.05, 4.69) is 12.4 Å². The van der Waals surface area contributed by atoms with Crippen LogP contribution >= 0.6 is 0 Å². The maximum atomic E-state index is 11.3. The van der Waals surface area contributed by atoms with Gasteiger partial charge in [-0.15, -0.1) is 0 Å². The first kappa shape index (κ1) is 23.3. The first-order valence-electron chi connectivity index (χ1n) is 11.0. The summed E-state index contributed by atoms with van der Waals surface area (Å²) in [7, 11) is 0. The summed E-state index contributed by atoms with van der Waals surface area (Å²) in [6.45, 7) is 4.72. The van der Waals surface area contributed by atoms with Crippen LogP contribution in [0, 0.1) is 0 Å². The SMILES string of the molecule is CCCCCCCCCCCCCCOc1ccccc1NOC(=O)CC. The second-order valence-corrected chi connectivity index (χ2v) is 7.16. The molecule has 4 heteroatoms. The van der Waals surface area contributed by atoms with Gasteiger partial charge in [-0.3, -0.25) is 0 Å². The van der Waals surface area contributed by atoms with E-state index >= 15 is 0 Å². The number of rotatable bonds is 17. The van der Waals surface area contributed by atoms with Crippen LogP contribution in [0.25, 0.3) is 0 Å². The summed E-state index contributed by atoms with van der Waals surface area (Å²) in [6.07, 6.45) is 16.3. The summed E-state index contributed by atoms with van der Waals surface area (Å²) in [5.74, 6) is 0.440. The van der Waals surface area contributed by atoms with Crippen LogP contribution < -0.4 is 10.2 Å². The largest absolute Gasteiger partial charge is 0.491 e. The molecule has 4 nitrogen and oxygen atoms in total. The molecule has 0 spiro atoms. The Labute approximate surface area is 166 Å². The van der Waals surface area contributed by atoms with Crippen LogP contribution in [0.3, 0.4) is 0 Å². The minimum Gasteiger partial charge on any atom is -0.491 e. The molecule has 1 aromatic carbocycles. The van der Waals surface area contributed by atoms with Gasteiger partial charge in [0.15, 0.2) is 0 Å². The number of para-hydroxylation sites is 2. The lowest BCUT2D eigenvalue weighted by Gasteiger charge is -2.12. The van der Waals surface area contributed by atoms with Gasteiger partial charge in [0.1, 0.15) is 11.4 Å². The average Bonchev–Trinajstić information content (AvgIpc) is 2.70. The van der Waals surface area contributed by atoms with Crippen LogP contribution in [-0.2, 0) is 9.63 Å². The lowest BCUT2D eigenvalue weighted by molar-refractivity contribution is -0.140. The zero-order chi connectivity index (χ0) is 19.6. The molecule has 0 saturated carbocycles.